The van der Waals surface area contributed by atoms with Crippen LogP contribution in [0.2, 0.25) is 0 Å². The van der Waals surface area contributed by atoms with Gasteiger partial charge < -0.3 is 4.74 Å². The molecule has 1 aliphatic rings. The Hall–Kier alpha value is 0.210. The van der Waals surface area contributed by atoms with Crippen molar-refractivity contribution in [3.05, 3.63) is 0 Å². The molecule has 2 atom stereocenters. The molecule has 2 unspecified atom stereocenters. The summed E-state index contributed by atoms with van der Waals surface area (Å²) in [5, 5.41) is 0. The number of ether oxygens (including phenoxy) is 1. The lowest BCUT2D eigenvalue weighted by atomic mass is 10.1. The van der Waals surface area contributed by atoms with Gasteiger partial charge in [0.1, 0.15) is 0 Å². The summed E-state index contributed by atoms with van der Waals surface area (Å²) in [6, 6.07) is 0. The molecule has 13 heavy (non-hydrogen) atoms. The summed E-state index contributed by atoms with van der Waals surface area (Å²) in [6.07, 6.45) is 1.56. The van der Waals surface area contributed by atoms with Crippen LogP contribution in [0.4, 0.5) is 0 Å². The molecule has 0 aromatic rings. The fourth-order valence-electron chi connectivity index (χ4n) is 1.68. The van der Waals surface area contributed by atoms with Gasteiger partial charge in [-0.2, -0.15) is 0 Å². The molecule has 0 aromatic heterocycles. The molecule has 0 N–H and O–H groups in total. The Kier molecular flexibility index (Phi) is 5.07. The SMILES string of the molecule is CCC1CN(CC(C)CCl)CCO1. The lowest BCUT2D eigenvalue weighted by molar-refractivity contribution is -0.0326. The van der Waals surface area contributed by atoms with Crippen molar-refractivity contribution in [2.24, 2.45) is 5.92 Å². The van der Waals surface area contributed by atoms with Crippen molar-refractivity contribution in [3.8, 4) is 0 Å². The van der Waals surface area contributed by atoms with Crippen molar-refractivity contribution in [3.63, 3.8) is 0 Å². The molecule has 0 radical (unpaired) electrons. The number of hydrogen-bond acceptors (Lipinski definition) is 2. The summed E-state index contributed by atoms with van der Waals surface area (Å²) in [5.41, 5.74) is 0. The quantitative estimate of drug-likeness (QED) is 0.651. The average Bonchev–Trinajstić information content (AvgIpc) is 2.18. The van der Waals surface area contributed by atoms with E-state index in [0.29, 0.717) is 12.0 Å². The minimum Gasteiger partial charge on any atom is -0.376 e. The molecular weight excluding hydrogens is 186 g/mol. The highest BCUT2D eigenvalue weighted by molar-refractivity contribution is 6.18. The van der Waals surface area contributed by atoms with Crippen LogP contribution in [0, 0.1) is 5.92 Å². The predicted octanol–water partition coefficient (Wildman–Crippen LogP) is 1.97. The second-order valence-electron chi connectivity index (χ2n) is 3.92. The van der Waals surface area contributed by atoms with E-state index in [1.165, 1.54) is 0 Å². The number of morpholine rings is 1. The van der Waals surface area contributed by atoms with E-state index in [2.05, 4.69) is 18.7 Å². The van der Waals surface area contributed by atoms with Crippen LogP contribution in [0.3, 0.4) is 0 Å². The Morgan fingerprint density at radius 1 is 1.62 bits per heavy atom. The first kappa shape index (κ1) is 11.3. The van der Waals surface area contributed by atoms with E-state index in [9.17, 15) is 0 Å². The zero-order valence-electron chi connectivity index (χ0n) is 8.63. The maximum absolute atomic E-state index is 5.78. The number of rotatable bonds is 4. The molecule has 1 heterocycles. The van der Waals surface area contributed by atoms with E-state index >= 15 is 0 Å². The molecule has 0 amide bonds. The Labute approximate surface area is 86.2 Å². The van der Waals surface area contributed by atoms with Gasteiger partial charge in [0.05, 0.1) is 12.7 Å². The van der Waals surface area contributed by atoms with Gasteiger partial charge in [0.2, 0.25) is 0 Å². The van der Waals surface area contributed by atoms with E-state index in [-0.39, 0.29) is 0 Å². The summed E-state index contributed by atoms with van der Waals surface area (Å²) in [6.45, 7) is 8.52. The number of halogens is 1. The minimum absolute atomic E-state index is 0.441. The smallest absolute Gasteiger partial charge is 0.0700 e. The molecule has 1 aliphatic heterocycles. The monoisotopic (exact) mass is 205 g/mol. The van der Waals surface area contributed by atoms with Crippen molar-refractivity contribution < 1.29 is 4.74 Å². The van der Waals surface area contributed by atoms with Crippen LogP contribution in [-0.2, 0) is 4.74 Å². The Bertz CT molecular complexity index is 141. The normalized spacial score (nSPS) is 27.5. The van der Waals surface area contributed by atoms with Gasteiger partial charge in [-0.05, 0) is 12.3 Å². The molecule has 0 saturated carbocycles. The van der Waals surface area contributed by atoms with Crippen molar-refractivity contribution in [2.75, 3.05) is 32.1 Å². The van der Waals surface area contributed by atoms with Gasteiger partial charge in [0.25, 0.3) is 0 Å². The first-order valence-electron chi connectivity index (χ1n) is 5.16. The first-order valence-corrected chi connectivity index (χ1v) is 5.69. The third kappa shape index (κ3) is 3.84. The van der Waals surface area contributed by atoms with Crippen LogP contribution >= 0.6 is 11.6 Å². The number of nitrogens with zero attached hydrogens (tertiary/aromatic N) is 1. The lowest BCUT2D eigenvalue weighted by Gasteiger charge is -2.33. The summed E-state index contributed by atoms with van der Waals surface area (Å²) < 4.78 is 5.60. The zero-order chi connectivity index (χ0) is 9.68. The maximum Gasteiger partial charge on any atom is 0.0700 e. The van der Waals surface area contributed by atoms with Crippen molar-refractivity contribution in [1.82, 2.24) is 4.90 Å². The summed E-state index contributed by atoms with van der Waals surface area (Å²) in [5.74, 6) is 1.35. The maximum atomic E-state index is 5.78. The van der Waals surface area contributed by atoms with Crippen molar-refractivity contribution >= 4 is 11.6 Å². The largest absolute Gasteiger partial charge is 0.376 e. The van der Waals surface area contributed by atoms with Gasteiger partial charge in [-0.3, -0.25) is 4.90 Å². The van der Waals surface area contributed by atoms with Gasteiger partial charge in [0.15, 0.2) is 0 Å². The molecule has 1 rings (SSSR count). The van der Waals surface area contributed by atoms with Gasteiger partial charge in [0, 0.05) is 25.5 Å². The van der Waals surface area contributed by atoms with Crippen LogP contribution < -0.4 is 0 Å². The molecule has 1 saturated heterocycles. The minimum atomic E-state index is 0.441. The van der Waals surface area contributed by atoms with Crippen molar-refractivity contribution in [1.29, 1.82) is 0 Å². The third-order valence-corrected chi connectivity index (χ3v) is 3.04. The zero-order valence-corrected chi connectivity index (χ0v) is 9.39. The fourth-order valence-corrected chi connectivity index (χ4v) is 1.78. The number of hydrogen-bond donors (Lipinski definition) is 0. The Morgan fingerprint density at radius 2 is 2.38 bits per heavy atom. The van der Waals surface area contributed by atoms with Crippen LogP contribution in [0.15, 0.2) is 0 Å². The van der Waals surface area contributed by atoms with E-state index < -0.39 is 0 Å². The van der Waals surface area contributed by atoms with Crippen molar-refractivity contribution in [2.45, 2.75) is 26.4 Å². The molecule has 78 valence electrons. The first-order chi connectivity index (χ1) is 6.26. The fraction of sp³-hybridized carbons (Fsp3) is 1.00. The van der Waals surface area contributed by atoms with Crippen LogP contribution in [-0.4, -0.2) is 43.1 Å². The lowest BCUT2D eigenvalue weighted by Crippen LogP contribution is -2.44. The standard InChI is InChI=1S/C10H20ClNO/c1-3-10-8-12(4-5-13-10)7-9(2)6-11/h9-10H,3-8H2,1-2H3. The summed E-state index contributed by atoms with van der Waals surface area (Å²) >= 11 is 5.78. The Balaban J connectivity index is 2.25. The third-order valence-electron chi connectivity index (χ3n) is 2.51. The molecule has 0 aliphatic carbocycles. The van der Waals surface area contributed by atoms with E-state index in [4.69, 9.17) is 16.3 Å². The topological polar surface area (TPSA) is 12.5 Å². The average molecular weight is 206 g/mol. The van der Waals surface area contributed by atoms with E-state index in [1.807, 2.05) is 0 Å². The van der Waals surface area contributed by atoms with Gasteiger partial charge in [-0.15, -0.1) is 11.6 Å². The summed E-state index contributed by atoms with van der Waals surface area (Å²) in [4.78, 5) is 2.46. The highest BCUT2D eigenvalue weighted by atomic mass is 35.5. The summed E-state index contributed by atoms with van der Waals surface area (Å²) in [7, 11) is 0. The number of alkyl halides is 1. The molecule has 2 nitrogen and oxygen atoms in total. The molecular formula is C10H20ClNO. The highest BCUT2D eigenvalue weighted by Crippen LogP contribution is 2.10. The molecule has 0 bridgehead atoms. The van der Waals surface area contributed by atoms with Crippen LogP contribution in [0.5, 0.6) is 0 Å². The van der Waals surface area contributed by atoms with Gasteiger partial charge in [-0.25, -0.2) is 0 Å². The van der Waals surface area contributed by atoms with Crippen LogP contribution in [0.25, 0.3) is 0 Å². The molecule has 0 spiro atoms. The van der Waals surface area contributed by atoms with Crippen LogP contribution in [0.1, 0.15) is 20.3 Å². The highest BCUT2D eigenvalue weighted by Gasteiger charge is 2.19. The van der Waals surface area contributed by atoms with E-state index in [0.717, 1.165) is 38.5 Å². The van der Waals surface area contributed by atoms with Gasteiger partial charge in [-0.1, -0.05) is 13.8 Å². The molecule has 0 aromatic carbocycles. The van der Waals surface area contributed by atoms with Gasteiger partial charge >= 0.3 is 0 Å². The Morgan fingerprint density at radius 3 is 3.00 bits per heavy atom. The predicted molar refractivity (Wildman–Crippen MR) is 56.4 cm³/mol. The molecule has 1 fully saturated rings. The second-order valence-corrected chi connectivity index (χ2v) is 4.23. The second kappa shape index (κ2) is 5.84. The molecule has 3 heteroatoms. The van der Waals surface area contributed by atoms with E-state index in [1.54, 1.807) is 0 Å².